The van der Waals surface area contributed by atoms with Crippen molar-refractivity contribution in [3.8, 4) is 11.5 Å². The molecule has 0 spiro atoms. The van der Waals surface area contributed by atoms with Crippen molar-refractivity contribution in [2.75, 3.05) is 40.5 Å². The fourth-order valence-electron chi connectivity index (χ4n) is 4.51. The van der Waals surface area contributed by atoms with Crippen molar-refractivity contribution in [2.45, 2.75) is 30.1 Å². The molecule has 224 valence electrons. The smallest absolute Gasteiger partial charge is 0.286 e. The topological polar surface area (TPSA) is 124 Å². The van der Waals surface area contributed by atoms with Gasteiger partial charge >= 0.3 is 0 Å². The highest BCUT2D eigenvalue weighted by Gasteiger charge is 2.30. The number of rotatable bonds is 14. The van der Waals surface area contributed by atoms with Crippen LogP contribution in [-0.2, 0) is 30.8 Å². The van der Waals surface area contributed by atoms with Crippen molar-refractivity contribution in [3.05, 3.63) is 102 Å². The quantitative estimate of drug-likeness (QED) is 0.290. The van der Waals surface area contributed by atoms with Gasteiger partial charge in [0.2, 0.25) is 16.3 Å². The maximum atomic E-state index is 13.2. The number of nitrogens with zero attached hydrogens (tertiary/aromatic N) is 1. The average Bonchev–Trinajstić information content (AvgIpc) is 3.03. The number of hydrogen-bond donors (Lipinski definition) is 2. The van der Waals surface area contributed by atoms with E-state index in [2.05, 4.69) is 5.32 Å². The molecule has 11 heteroatoms. The monoisotopic (exact) mass is 596 g/mol. The summed E-state index contributed by atoms with van der Waals surface area (Å²) in [6.07, 6.45) is 1.38. The molecule has 10 nitrogen and oxygen atoms in total. The van der Waals surface area contributed by atoms with Crippen LogP contribution in [0.5, 0.6) is 11.5 Å². The van der Waals surface area contributed by atoms with Gasteiger partial charge in [0.05, 0.1) is 32.3 Å². The molecular formula is C31H36N2O8S. The Morgan fingerprint density at radius 3 is 2.21 bits per heavy atom. The van der Waals surface area contributed by atoms with E-state index in [1.165, 1.54) is 19.2 Å². The van der Waals surface area contributed by atoms with Crippen LogP contribution in [0, 0.1) is 0 Å². The number of hydrogen-bond acceptors (Lipinski definition) is 8. The van der Waals surface area contributed by atoms with Gasteiger partial charge in [0.15, 0.2) is 5.76 Å². The molecule has 0 radical (unpaired) electrons. The van der Waals surface area contributed by atoms with Crippen LogP contribution in [0.25, 0.3) is 0 Å². The van der Waals surface area contributed by atoms with Gasteiger partial charge in [-0.2, -0.15) is 4.31 Å². The molecule has 0 unspecified atom stereocenters. The largest absolute Gasteiger partial charge is 0.497 e. The summed E-state index contributed by atoms with van der Waals surface area (Å²) in [7, 11) is -0.806. The van der Waals surface area contributed by atoms with Crippen LogP contribution in [0.4, 0.5) is 0 Å². The van der Waals surface area contributed by atoms with Crippen LogP contribution < -0.4 is 14.8 Å². The maximum absolute atomic E-state index is 13.2. The lowest BCUT2D eigenvalue weighted by molar-refractivity contribution is -0.146. The molecule has 2 N–H and O–H groups in total. The van der Waals surface area contributed by atoms with Crippen molar-refractivity contribution >= 4 is 15.9 Å². The first-order valence-corrected chi connectivity index (χ1v) is 15.0. The summed E-state index contributed by atoms with van der Waals surface area (Å²) >= 11 is 0. The molecule has 0 saturated heterocycles. The van der Waals surface area contributed by atoms with Gasteiger partial charge in [-0.1, -0.05) is 42.5 Å². The molecule has 2 atom stereocenters. The fraction of sp³-hybridized carbons (Fsp3) is 0.323. The van der Waals surface area contributed by atoms with Gasteiger partial charge in [-0.15, -0.1) is 0 Å². The van der Waals surface area contributed by atoms with E-state index >= 15 is 0 Å². The van der Waals surface area contributed by atoms with Gasteiger partial charge in [0.1, 0.15) is 11.5 Å². The van der Waals surface area contributed by atoms with E-state index in [9.17, 15) is 18.3 Å². The Morgan fingerprint density at radius 2 is 1.60 bits per heavy atom. The Bertz CT molecular complexity index is 1430. The van der Waals surface area contributed by atoms with Crippen LogP contribution in [0.1, 0.15) is 23.5 Å². The summed E-state index contributed by atoms with van der Waals surface area (Å²) in [5.41, 5.74) is 1.90. The predicted octanol–water partition coefficient (Wildman–Crippen LogP) is 3.43. The number of carbonyl (C=O) groups excluding carboxylic acids is 1. The third-order valence-corrected chi connectivity index (χ3v) is 8.72. The molecule has 0 aliphatic carbocycles. The molecule has 1 aliphatic rings. The predicted molar refractivity (Wildman–Crippen MR) is 156 cm³/mol. The van der Waals surface area contributed by atoms with Crippen molar-refractivity contribution in [2.24, 2.45) is 0 Å². The van der Waals surface area contributed by atoms with Crippen LogP contribution in [0.3, 0.4) is 0 Å². The van der Waals surface area contributed by atoms with Crippen LogP contribution in [0.2, 0.25) is 0 Å². The van der Waals surface area contributed by atoms with E-state index in [4.69, 9.17) is 18.9 Å². The molecule has 4 rings (SSSR count). The number of allylic oxidation sites excluding steroid dienone is 1. The maximum Gasteiger partial charge on any atom is 0.286 e. The zero-order valence-corrected chi connectivity index (χ0v) is 24.5. The second-order valence-corrected chi connectivity index (χ2v) is 11.5. The molecule has 3 aromatic rings. The van der Waals surface area contributed by atoms with E-state index in [-0.39, 0.29) is 48.8 Å². The fourth-order valence-corrected chi connectivity index (χ4v) is 5.93. The van der Waals surface area contributed by atoms with Gasteiger partial charge in [-0.25, -0.2) is 8.42 Å². The van der Waals surface area contributed by atoms with Gasteiger partial charge in [-0.3, -0.25) is 4.79 Å². The number of benzene rings is 3. The number of aliphatic hydroxyl groups excluding tert-OH is 1. The van der Waals surface area contributed by atoms with Crippen molar-refractivity contribution in [1.82, 2.24) is 9.62 Å². The Morgan fingerprint density at radius 1 is 0.952 bits per heavy atom. The number of methoxy groups -OCH3 is 2. The molecular weight excluding hydrogens is 560 g/mol. The molecule has 0 fully saturated rings. The molecule has 3 aromatic carbocycles. The number of amides is 1. The third-order valence-electron chi connectivity index (χ3n) is 6.81. The van der Waals surface area contributed by atoms with Crippen LogP contribution >= 0.6 is 0 Å². The lowest BCUT2D eigenvalue weighted by Gasteiger charge is -2.30. The second kappa shape index (κ2) is 14.8. The molecule has 0 aromatic heterocycles. The number of nitrogens with one attached hydrogen (secondary N) is 1. The van der Waals surface area contributed by atoms with Crippen LogP contribution in [0.15, 0.2) is 95.6 Å². The van der Waals surface area contributed by atoms with E-state index in [1.54, 1.807) is 25.3 Å². The van der Waals surface area contributed by atoms with E-state index in [0.717, 1.165) is 15.4 Å². The first-order valence-electron chi connectivity index (χ1n) is 13.5. The second-order valence-electron chi connectivity index (χ2n) is 9.54. The average molecular weight is 597 g/mol. The van der Waals surface area contributed by atoms with Crippen molar-refractivity contribution < 1.29 is 37.3 Å². The summed E-state index contributed by atoms with van der Waals surface area (Å²) in [6.45, 7) is -0.179. The zero-order chi connectivity index (χ0) is 30.0. The molecule has 42 heavy (non-hydrogen) atoms. The standard InChI is InChI=1S/C31H36N2O8S/c1-38-26-10-8-24(9-11-26)25-20-29(31(35)32-22-23-6-4-3-5-7-23)41-30(21-25)40-19-17-33(16-18-34)42(36,37)28-14-12-27(39-2)13-15-28/h3-15,20,25,30,34H,16-19,21-22H2,1-2H3,(H,32,35)/t25-,30+/m1/s1. The van der Waals surface area contributed by atoms with Gasteiger partial charge in [0.25, 0.3) is 5.91 Å². The Labute approximate surface area is 246 Å². The Kier molecular flexibility index (Phi) is 11.0. The summed E-state index contributed by atoms with van der Waals surface area (Å²) in [6, 6.07) is 23.1. The van der Waals surface area contributed by atoms with Crippen LogP contribution in [-0.4, -0.2) is 70.5 Å². The van der Waals surface area contributed by atoms with Crippen molar-refractivity contribution in [3.63, 3.8) is 0 Å². The summed E-state index contributed by atoms with van der Waals surface area (Å²) in [5.74, 6) is 0.799. The molecule has 1 heterocycles. The zero-order valence-electron chi connectivity index (χ0n) is 23.6. The van der Waals surface area contributed by atoms with E-state index in [1.807, 2.05) is 54.6 Å². The highest BCUT2D eigenvalue weighted by Crippen LogP contribution is 2.32. The molecule has 1 aliphatic heterocycles. The first kappa shape index (κ1) is 31.0. The van der Waals surface area contributed by atoms with Crippen molar-refractivity contribution in [1.29, 1.82) is 0 Å². The highest BCUT2D eigenvalue weighted by atomic mass is 32.2. The van der Waals surface area contributed by atoms with E-state index in [0.29, 0.717) is 24.5 Å². The number of aliphatic hydroxyl groups is 1. The normalized spacial score (nSPS) is 16.8. The van der Waals surface area contributed by atoms with Gasteiger partial charge in [-0.05, 0) is 53.6 Å². The van der Waals surface area contributed by atoms with Gasteiger partial charge in [0, 0.05) is 32.0 Å². The Hall–Kier alpha value is -3.90. The molecule has 0 bridgehead atoms. The summed E-state index contributed by atoms with van der Waals surface area (Å²) < 4.78 is 50.0. The van der Waals surface area contributed by atoms with Gasteiger partial charge < -0.3 is 29.4 Å². The molecule has 1 amide bonds. The SMILES string of the molecule is COc1ccc([C@@H]2C=C(C(=O)NCc3ccccc3)O[C@H](OCCN(CCO)S(=O)(=O)c3ccc(OC)cc3)C2)cc1. The minimum atomic E-state index is -3.90. The number of ether oxygens (including phenoxy) is 4. The third kappa shape index (κ3) is 8.10. The molecule has 0 saturated carbocycles. The minimum Gasteiger partial charge on any atom is -0.497 e. The number of sulfonamides is 1. The van der Waals surface area contributed by atoms with E-state index < -0.39 is 16.3 Å². The lowest BCUT2D eigenvalue weighted by atomic mass is 9.93. The lowest BCUT2D eigenvalue weighted by Crippen LogP contribution is -2.38. The minimum absolute atomic E-state index is 0.0195. The first-order chi connectivity index (χ1) is 20.3. The highest BCUT2D eigenvalue weighted by molar-refractivity contribution is 7.89. The summed E-state index contributed by atoms with van der Waals surface area (Å²) in [4.78, 5) is 13.2. The number of carbonyl (C=O) groups is 1. The summed E-state index contributed by atoms with van der Waals surface area (Å²) in [5, 5.41) is 12.4. The Balaban J connectivity index is 1.45.